The Balaban J connectivity index is 1.64. The molecule has 0 aliphatic heterocycles. The van der Waals surface area contributed by atoms with Crippen molar-refractivity contribution in [3.8, 4) is 5.69 Å². The normalized spacial score (nSPS) is 11.1. The van der Waals surface area contributed by atoms with Crippen molar-refractivity contribution in [2.45, 2.75) is 13.5 Å². The summed E-state index contributed by atoms with van der Waals surface area (Å²) in [6.45, 7) is 1.88. The van der Waals surface area contributed by atoms with Gasteiger partial charge in [0.05, 0.1) is 17.6 Å². The molecule has 0 fully saturated rings. The number of esters is 1. The molecule has 0 aliphatic carbocycles. The molecule has 0 atom stereocenters. The van der Waals surface area contributed by atoms with Gasteiger partial charge in [-0.25, -0.2) is 13.9 Å². The number of carbonyl (C=O) groups is 1. The molecule has 0 bridgehead atoms. The highest BCUT2D eigenvalue weighted by atomic mass is 32.1. The summed E-state index contributed by atoms with van der Waals surface area (Å²) in [7, 11) is 0. The maximum absolute atomic E-state index is 13.1. The average Bonchev–Trinajstić information content (AvgIpc) is 3.32. The summed E-state index contributed by atoms with van der Waals surface area (Å²) in [6, 6.07) is 9.42. The Bertz CT molecular complexity index is 1040. The fourth-order valence-electron chi connectivity index (χ4n) is 2.43. The lowest BCUT2D eigenvalue weighted by Crippen LogP contribution is -2.02. The third-order valence-corrected chi connectivity index (χ3v) is 4.74. The van der Waals surface area contributed by atoms with E-state index in [9.17, 15) is 9.18 Å². The third-order valence-electron chi connectivity index (χ3n) is 3.65. The number of benzene rings is 1. The van der Waals surface area contributed by atoms with Crippen molar-refractivity contribution in [3.63, 3.8) is 0 Å². The van der Waals surface area contributed by atoms with E-state index in [0.29, 0.717) is 10.6 Å². The summed E-state index contributed by atoms with van der Waals surface area (Å²) in [6.07, 6.45) is 1.49. The largest absolute Gasteiger partial charge is 0.453 e. The topological polar surface area (TPSA) is 70.2 Å². The summed E-state index contributed by atoms with van der Waals surface area (Å²) in [5.74, 6) is -0.280. The summed E-state index contributed by atoms with van der Waals surface area (Å²) in [5, 5.41) is 8.89. The number of nitrogens with zero attached hydrogens (tertiary/aromatic N) is 3. The van der Waals surface area contributed by atoms with E-state index >= 15 is 0 Å². The van der Waals surface area contributed by atoms with Crippen LogP contribution in [0.15, 0.2) is 47.1 Å². The number of thiophene rings is 1. The SMILES string of the molecule is Cc1nn(-c2ccc(F)cc2)c2sc(C(=O)OCc3ccno3)cc12. The molecule has 126 valence electrons. The Hall–Kier alpha value is -3.00. The number of ether oxygens (including phenoxy) is 1. The standard InChI is InChI=1S/C17H12FN3O3S/c1-10-14-8-15(17(22)23-9-13-6-7-19-24-13)25-16(14)21(20-10)12-4-2-11(18)3-5-12/h2-8H,9H2,1H3. The fourth-order valence-corrected chi connectivity index (χ4v) is 3.51. The monoisotopic (exact) mass is 357 g/mol. The molecule has 0 saturated carbocycles. The Morgan fingerprint density at radius 3 is 2.84 bits per heavy atom. The van der Waals surface area contributed by atoms with Crippen molar-refractivity contribution < 1.29 is 18.4 Å². The van der Waals surface area contributed by atoms with Gasteiger partial charge in [-0.2, -0.15) is 5.10 Å². The zero-order valence-corrected chi connectivity index (χ0v) is 13.9. The van der Waals surface area contributed by atoms with Crippen LogP contribution in [-0.2, 0) is 11.3 Å². The summed E-state index contributed by atoms with van der Waals surface area (Å²) >= 11 is 1.28. The van der Waals surface area contributed by atoms with Gasteiger partial charge in [-0.1, -0.05) is 5.16 Å². The number of carbonyl (C=O) groups excluding carboxylic acids is 1. The number of aromatic nitrogens is 3. The highest BCUT2D eigenvalue weighted by Crippen LogP contribution is 2.31. The van der Waals surface area contributed by atoms with Gasteiger partial charge in [0.1, 0.15) is 15.5 Å². The van der Waals surface area contributed by atoms with Crippen molar-refractivity contribution in [2.75, 3.05) is 0 Å². The Kier molecular flexibility index (Phi) is 3.81. The van der Waals surface area contributed by atoms with Gasteiger partial charge in [-0.3, -0.25) is 0 Å². The molecule has 0 radical (unpaired) electrons. The second-order valence-electron chi connectivity index (χ2n) is 5.36. The van der Waals surface area contributed by atoms with Crippen LogP contribution in [0.4, 0.5) is 4.39 Å². The molecule has 3 aromatic heterocycles. The molecule has 25 heavy (non-hydrogen) atoms. The molecule has 0 amide bonds. The molecule has 0 N–H and O–H groups in total. The quantitative estimate of drug-likeness (QED) is 0.519. The molecular weight excluding hydrogens is 345 g/mol. The van der Waals surface area contributed by atoms with Gasteiger partial charge in [0, 0.05) is 11.5 Å². The first-order valence-electron chi connectivity index (χ1n) is 7.43. The van der Waals surface area contributed by atoms with Gasteiger partial charge in [-0.05, 0) is 37.3 Å². The Morgan fingerprint density at radius 2 is 2.12 bits per heavy atom. The van der Waals surface area contributed by atoms with Crippen LogP contribution >= 0.6 is 11.3 Å². The number of rotatable bonds is 4. The molecular formula is C17H12FN3O3S. The number of hydrogen-bond acceptors (Lipinski definition) is 6. The van der Waals surface area contributed by atoms with Gasteiger partial charge in [0.25, 0.3) is 0 Å². The predicted octanol–water partition coefficient (Wildman–Crippen LogP) is 3.88. The molecule has 6 nitrogen and oxygen atoms in total. The molecule has 0 unspecified atom stereocenters. The Morgan fingerprint density at radius 1 is 1.32 bits per heavy atom. The van der Waals surface area contributed by atoms with Crippen LogP contribution in [0.3, 0.4) is 0 Å². The van der Waals surface area contributed by atoms with Gasteiger partial charge >= 0.3 is 5.97 Å². The van der Waals surface area contributed by atoms with Crippen LogP contribution in [0.5, 0.6) is 0 Å². The van der Waals surface area contributed by atoms with Gasteiger partial charge in [0.2, 0.25) is 0 Å². The minimum absolute atomic E-state index is 0.0240. The van der Waals surface area contributed by atoms with Gasteiger partial charge in [-0.15, -0.1) is 11.3 Å². The maximum Gasteiger partial charge on any atom is 0.348 e. The van der Waals surface area contributed by atoms with E-state index in [0.717, 1.165) is 21.6 Å². The highest BCUT2D eigenvalue weighted by molar-refractivity contribution is 7.20. The van der Waals surface area contributed by atoms with Crippen molar-refractivity contribution in [3.05, 3.63) is 64.7 Å². The summed E-state index contributed by atoms with van der Waals surface area (Å²) in [5.41, 5.74) is 1.51. The molecule has 0 aliphatic rings. The molecule has 4 aromatic rings. The first-order chi connectivity index (χ1) is 12.1. The van der Waals surface area contributed by atoms with Crippen molar-refractivity contribution in [1.29, 1.82) is 0 Å². The van der Waals surface area contributed by atoms with E-state index in [2.05, 4.69) is 10.3 Å². The van der Waals surface area contributed by atoms with Crippen LogP contribution in [-0.4, -0.2) is 20.9 Å². The van der Waals surface area contributed by atoms with Gasteiger partial charge in [0.15, 0.2) is 12.4 Å². The molecule has 8 heteroatoms. The molecule has 1 aromatic carbocycles. The smallest absolute Gasteiger partial charge is 0.348 e. The maximum atomic E-state index is 13.1. The molecule has 4 rings (SSSR count). The van der Waals surface area contributed by atoms with Crippen molar-refractivity contribution in [2.24, 2.45) is 0 Å². The highest BCUT2D eigenvalue weighted by Gasteiger charge is 2.18. The van der Waals surface area contributed by atoms with Crippen molar-refractivity contribution >= 4 is 27.5 Å². The second-order valence-corrected chi connectivity index (χ2v) is 6.39. The zero-order chi connectivity index (χ0) is 17.4. The van der Waals surface area contributed by atoms with Crippen LogP contribution < -0.4 is 0 Å². The van der Waals surface area contributed by atoms with Crippen molar-refractivity contribution in [1.82, 2.24) is 14.9 Å². The average molecular weight is 357 g/mol. The Labute approximate surface area is 145 Å². The lowest BCUT2D eigenvalue weighted by Gasteiger charge is -2.02. The summed E-state index contributed by atoms with van der Waals surface area (Å²) in [4.78, 5) is 13.5. The van der Waals surface area contributed by atoms with E-state index in [4.69, 9.17) is 9.26 Å². The number of halogens is 1. The van der Waals surface area contributed by atoms with E-state index in [1.807, 2.05) is 6.92 Å². The fraction of sp³-hybridized carbons (Fsp3) is 0.118. The molecule has 0 saturated heterocycles. The number of hydrogen-bond donors (Lipinski definition) is 0. The van der Waals surface area contributed by atoms with Gasteiger partial charge < -0.3 is 9.26 Å². The molecule has 3 heterocycles. The minimum Gasteiger partial charge on any atom is -0.453 e. The van der Waals surface area contributed by atoms with E-state index in [-0.39, 0.29) is 12.4 Å². The lowest BCUT2D eigenvalue weighted by atomic mass is 10.3. The summed E-state index contributed by atoms with van der Waals surface area (Å²) < 4.78 is 25.0. The lowest BCUT2D eigenvalue weighted by molar-refractivity contribution is 0.0443. The van der Waals surface area contributed by atoms with Crippen LogP contribution in [0.1, 0.15) is 21.1 Å². The van der Waals surface area contributed by atoms with E-state index in [1.165, 1.54) is 29.7 Å². The predicted molar refractivity (Wildman–Crippen MR) is 89.3 cm³/mol. The first kappa shape index (κ1) is 15.5. The van der Waals surface area contributed by atoms with Crippen LogP contribution in [0.2, 0.25) is 0 Å². The molecule has 0 spiro atoms. The van der Waals surface area contributed by atoms with E-state index < -0.39 is 5.97 Å². The zero-order valence-electron chi connectivity index (χ0n) is 13.1. The first-order valence-corrected chi connectivity index (χ1v) is 8.25. The van der Waals surface area contributed by atoms with E-state index in [1.54, 1.807) is 28.9 Å². The third kappa shape index (κ3) is 2.91. The second kappa shape index (κ2) is 6.14. The minimum atomic E-state index is -0.442. The van der Waals surface area contributed by atoms with Crippen LogP contribution in [0.25, 0.3) is 15.9 Å². The van der Waals surface area contributed by atoms with Crippen LogP contribution in [0, 0.1) is 12.7 Å². The number of aryl methyl sites for hydroxylation is 1. The number of fused-ring (bicyclic) bond motifs is 1.